The summed E-state index contributed by atoms with van der Waals surface area (Å²) in [7, 11) is 0. The van der Waals surface area contributed by atoms with E-state index in [1.165, 1.54) is 0 Å². The molecule has 0 saturated carbocycles. The number of hydrogen-bond acceptors (Lipinski definition) is 0. The fourth-order valence-electron chi connectivity index (χ4n) is 7.85. The van der Waals surface area contributed by atoms with Gasteiger partial charge in [0, 0.05) is 49.3 Å². The lowest BCUT2D eigenvalue weighted by Crippen LogP contribution is -1.98. The van der Waals surface area contributed by atoms with E-state index in [-0.39, 0.29) is 33.4 Å². The molecule has 0 bridgehead atoms. The smallest absolute Gasteiger partial charge is 0.0645 e. The molecule has 238 valence electrons. The lowest BCUT2D eigenvalue weighted by Gasteiger charge is -2.16. The van der Waals surface area contributed by atoms with Gasteiger partial charge in [0.25, 0.3) is 0 Å². The summed E-state index contributed by atoms with van der Waals surface area (Å²) in [4.78, 5) is 0. The number of hydrogen-bond donors (Lipinski definition) is 0. The van der Waals surface area contributed by atoms with E-state index >= 15 is 0 Å². The van der Waals surface area contributed by atoms with Crippen LogP contribution in [0.1, 0.15) is 16.4 Å². The monoisotopic (exact) mass is 661 g/mol. The normalized spacial score (nSPS) is 15.2. The summed E-state index contributed by atoms with van der Waals surface area (Å²) in [5.74, 6) is 0. The lowest BCUT2D eigenvalue weighted by atomic mass is 9.97. The molecule has 11 rings (SSSR count). The molecule has 11 aromatic rings. The van der Waals surface area contributed by atoms with Crippen LogP contribution in [0.25, 0.3) is 93.6 Å². The molecule has 0 saturated heterocycles. The van der Waals surface area contributed by atoms with Crippen LogP contribution in [-0.2, 0) is 0 Å². The molecular weight excluding hydrogens is 619 g/mol. The van der Waals surface area contributed by atoms with Crippen LogP contribution in [0.2, 0.25) is 0 Å². The van der Waals surface area contributed by atoms with E-state index in [0.717, 1.165) is 53.9 Å². The molecule has 3 aromatic heterocycles. The second-order valence-electron chi connectivity index (χ2n) is 12.4. The Morgan fingerprint density at radius 1 is 0.333 bits per heavy atom. The van der Waals surface area contributed by atoms with E-state index in [0.29, 0.717) is 11.3 Å². The fourth-order valence-corrected chi connectivity index (χ4v) is 7.85. The Bertz CT molecular complexity index is 3800. The van der Waals surface area contributed by atoms with Crippen LogP contribution in [0.5, 0.6) is 0 Å². The summed E-state index contributed by atoms with van der Waals surface area (Å²) in [5.41, 5.74) is 4.77. The van der Waals surface area contributed by atoms with E-state index in [4.69, 9.17) is 9.60 Å². The zero-order valence-corrected chi connectivity index (χ0v) is 26.8. The first-order valence-electron chi connectivity index (χ1n) is 22.6. The third kappa shape index (κ3) is 3.94. The van der Waals surface area contributed by atoms with Crippen molar-refractivity contribution in [3.63, 3.8) is 0 Å². The number of para-hydroxylation sites is 6. The van der Waals surface area contributed by atoms with Crippen LogP contribution in [0.15, 0.2) is 188 Å². The van der Waals surface area contributed by atoms with Crippen molar-refractivity contribution in [3.8, 4) is 28.2 Å². The van der Waals surface area contributed by atoms with Gasteiger partial charge in [0.05, 0.1) is 55.2 Å². The summed E-state index contributed by atoms with van der Waals surface area (Å²) in [6.45, 7) is 0. The van der Waals surface area contributed by atoms with Crippen molar-refractivity contribution in [1.82, 2.24) is 13.7 Å². The van der Waals surface area contributed by atoms with Gasteiger partial charge in [-0.05, 0) is 66.1 Å². The van der Waals surface area contributed by atoms with Gasteiger partial charge in [-0.3, -0.25) is 0 Å². The van der Waals surface area contributed by atoms with Crippen molar-refractivity contribution in [2.75, 3.05) is 0 Å². The molecule has 0 fully saturated rings. The molecule has 0 spiro atoms. The molecule has 0 aliphatic heterocycles. The van der Waals surface area contributed by atoms with Crippen molar-refractivity contribution in [3.05, 3.63) is 188 Å². The summed E-state index contributed by atoms with van der Waals surface area (Å²) in [6.07, 6.45) is 0. The van der Waals surface area contributed by atoms with Gasteiger partial charge >= 0.3 is 0 Å². The van der Waals surface area contributed by atoms with Crippen LogP contribution in [0.4, 0.5) is 0 Å². The number of aromatic nitrogens is 3. The fraction of sp³-hybridized carbons (Fsp3) is 0. The maximum Gasteiger partial charge on any atom is 0.0645 e. The molecule has 3 nitrogen and oxygen atoms in total. The van der Waals surface area contributed by atoms with E-state index < -0.39 is 72.2 Å². The predicted octanol–water partition coefficient (Wildman–Crippen LogP) is 12.6. The van der Waals surface area contributed by atoms with E-state index in [2.05, 4.69) is 45.5 Å². The zero-order valence-electron chi connectivity index (χ0n) is 38.8. The third-order valence-corrected chi connectivity index (χ3v) is 9.83. The van der Waals surface area contributed by atoms with Gasteiger partial charge in [-0.1, -0.05) is 127 Å². The number of benzene rings is 8. The van der Waals surface area contributed by atoms with Gasteiger partial charge < -0.3 is 13.7 Å². The van der Waals surface area contributed by atoms with Crippen LogP contribution in [0.3, 0.4) is 0 Å². The molecule has 8 aromatic carbocycles. The summed E-state index contributed by atoms with van der Waals surface area (Å²) >= 11 is 0. The SMILES string of the molecule is [2H]c1c([2H])c([2H])c(-n2c3c([2H])c([2H])c([2H])c([2H])c3c3c(-c4ccccc4-n4c5ccccc5c5ccc6c(c7ccccc7n6-c6ccccc6)c54)c([2H])c([2H])c([2H])c32)c([2H])c1[2H]. The molecule has 0 aliphatic rings. The van der Waals surface area contributed by atoms with Crippen LogP contribution >= 0.6 is 0 Å². The average molecular weight is 662 g/mol. The predicted molar refractivity (Wildman–Crippen MR) is 215 cm³/mol. The number of fused-ring (bicyclic) bond motifs is 10. The topological polar surface area (TPSA) is 14.8 Å². The molecule has 0 N–H and O–H groups in total. The van der Waals surface area contributed by atoms with E-state index in [1.807, 2.05) is 66.7 Å². The van der Waals surface area contributed by atoms with Crippen LogP contribution in [-0.4, -0.2) is 13.7 Å². The van der Waals surface area contributed by atoms with Gasteiger partial charge in [-0.2, -0.15) is 0 Å². The molecule has 0 aliphatic carbocycles. The third-order valence-electron chi connectivity index (χ3n) is 9.83. The largest absolute Gasteiger partial charge is 0.309 e. The second kappa shape index (κ2) is 10.8. The highest BCUT2D eigenvalue weighted by atomic mass is 15.0. The van der Waals surface area contributed by atoms with E-state index in [1.54, 1.807) is 12.1 Å². The van der Waals surface area contributed by atoms with Crippen molar-refractivity contribution < 1.29 is 16.4 Å². The standard InChI is InChI=1S/C48H31N3/c1-3-16-32(17-4-1)49-42-27-13-9-22-38(42)46-36(24-15-29-44(46)49)34-20-7-11-25-40(34)51-41-26-12-8-21-35(41)37-30-31-45-47(48(37)51)39-23-10-14-28-43(39)50(45)33-18-5-2-6-19-33/h1-31H/i1D,3D,4D,9D,13D,15D,16D,17D,22D,24D,27D,29D. The molecule has 0 atom stereocenters. The first-order valence-corrected chi connectivity index (χ1v) is 16.6. The van der Waals surface area contributed by atoms with E-state index in [9.17, 15) is 6.85 Å². The Labute approximate surface area is 311 Å². The molecule has 3 heteroatoms. The minimum Gasteiger partial charge on any atom is -0.309 e. The van der Waals surface area contributed by atoms with Crippen molar-refractivity contribution in [2.45, 2.75) is 0 Å². The Morgan fingerprint density at radius 2 is 1.00 bits per heavy atom. The lowest BCUT2D eigenvalue weighted by molar-refractivity contribution is 1.17. The number of rotatable bonds is 4. The van der Waals surface area contributed by atoms with Gasteiger partial charge in [-0.25, -0.2) is 0 Å². The molecular formula is C48H31N3. The van der Waals surface area contributed by atoms with Gasteiger partial charge in [0.15, 0.2) is 0 Å². The minimum atomic E-state index is -0.687. The van der Waals surface area contributed by atoms with Gasteiger partial charge in [0.1, 0.15) is 0 Å². The molecule has 0 radical (unpaired) electrons. The van der Waals surface area contributed by atoms with Crippen LogP contribution < -0.4 is 0 Å². The average Bonchev–Trinajstić information content (AvgIpc) is 3.95. The first kappa shape index (κ1) is 18.8. The summed E-state index contributed by atoms with van der Waals surface area (Å²) in [6, 6.07) is 30.6. The van der Waals surface area contributed by atoms with Crippen molar-refractivity contribution >= 4 is 65.4 Å². The van der Waals surface area contributed by atoms with Gasteiger partial charge in [0.2, 0.25) is 0 Å². The Kier molecular flexibility index (Phi) is 3.99. The molecule has 3 heterocycles. The summed E-state index contributed by atoms with van der Waals surface area (Å²) < 4.78 is 113. The maximum atomic E-state index is 9.65. The highest BCUT2D eigenvalue weighted by Gasteiger charge is 2.23. The highest BCUT2D eigenvalue weighted by Crippen LogP contribution is 2.45. The summed E-state index contributed by atoms with van der Waals surface area (Å²) in [5, 5.41) is 3.75. The Hall–Kier alpha value is -6.84. The maximum absolute atomic E-state index is 9.65. The quantitative estimate of drug-likeness (QED) is 0.178. The zero-order chi connectivity index (χ0) is 43.9. The van der Waals surface area contributed by atoms with Crippen LogP contribution in [0, 0.1) is 0 Å². The minimum absolute atomic E-state index is 0.00820. The Morgan fingerprint density at radius 3 is 1.86 bits per heavy atom. The Balaban J connectivity index is 1.36. The highest BCUT2D eigenvalue weighted by molar-refractivity contribution is 6.26. The first-order chi connectivity index (χ1) is 30.3. The molecule has 51 heavy (non-hydrogen) atoms. The van der Waals surface area contributed by atoms with Crippen molar-refractivity contribution in [1.29, 1.82) is 0 Å². The van der Waals surface area contributed by atoms with Crippen molar-refractivity contribution in [2.24, 2.45) is 0 Å². The molecule has 0 unspecified atom stereocenters. The second-order valence-corrected chi connectivity index (χ2v) is 12.4. The number of nitrogens with zero attached hydrogens (tertiary/aromatic N) is 3. The van der Waals surface area contributed by atoms with Gasteiger partial charge in [-0.15, -0.1) is 0 Å². The molecule has 0 amide bonds.